The molecule has 0 bridgehead atoms. The Bertz CT molecular complexity index is 640. The first-order valence-electron chi connectivity index (χ1n) is 6.65. The lowest BCUT2D eigenvalue weighted by Crippen LogP contribution is -2.22. The highest BCUT2D eigenvalue weighted by Crippen LogP contribution is 2.35. The average Bonchev–Trinajstić information content (AvgIpc) is 2.95. The number of nitrogens with zero attached hydrogens (tertiary/aromatic N) is 2. The summed E-state index contributed by atoms with van der Waals surface area (Å²) in [6, 6.07) is 7.38. The molecule has 1 N–H and O–H groups in total. The molecule has 1 aromatic carbocycles. The second-order valence-corrected chi connectivity index (χ2v) is 4.66. The molecule has 110 valence electrons. The van der Waals surface area contributed by atoms with E-state index in [0.717, 1.165) is 0 Å². The Morgan fingerprint density at radius 3 is 2.95 bits per heavy atom. The highest BCUT2D eigenvalue weighted by atomic mass is 16.6. The van der Waals surface area contributed by atoms with Crippen molar-refractivity contribution in [3.8, 4) is 11.5 Å². The van der Waals surface area contributed by atoms with Crippen LogP contribution < -0.4 is 9.47 Å². The van der Waals surface area contributed by atoms with E-state index in [4.69, 9.17) is 19.1 Å². The minimum absolute atomic E-state index is 0.0775. The van der Waals surface area contributed by atoms with Crippen molar-refractivity contribution >= 4 is 5.97 Å². The van der Waals surface area contributed by atoms with Crippen molar-refractivity contribution < 1.29 is 23.9 Å². The van der Waals surface area contributed by atoms with Gasteiger partial charge in [-0.2, -0.15) is 4.98 Å². The second-order valence-electron chi connectivity index (χ2n) is 4.66. The van der Waals surface area contributed by atoms with Crippen LogP contribution in [0.15, 0.2) is 28.8 Å². The maximum Gasteiger partial charge on any atom is 0.303 e. The first-order chi connectivity index (χ1) is 10.2. The Hall–Kier alpha value is -2.57. The number of hydrogen-bond donors (Lipinski definition) is 1. The van der Waals surface area contributed by atoms with Crippen LogP contribution in [0.2, 0.25) is 0 Å². The van der Waals surface area contributed by atoms with Crippen molar-refractivity contribution in [3.63, 3.8) is 0 Å². The van der Waals surface area contributed by atoms with Gasteiger partial charge < -0.3 is 19.1 Å². The lowest BCUT2D eigenvalue weighted by Gasteiger charge is -2.24. The predicted molar refractivity (Wildman–Crippen MR) is 70.2 cm³/mol. The van der Waals surface area contributed by atoms with Gasteiger partial charge in [0.15, 0.2) is 17.6 Å². The zero-order chi connectivity index (χ0) is 14.7. The smallest absolute Gasteiger partial charge is 0.303 e. The van der Waals surface area contributed by atoms with E-state index in [0.29, 0.717) is 42.7 Å². The van der Waals surface area contributed by atoms with E-state index in [2.05, 4.69) is 10.1 Å². The first kappa shape index (κ1) is 13.4. The fraction of sp³-hybridized carbons (Fsp3) is 0.357. The number of aromatic nitrogens is 2. The molecule has 1 aliphatic rings. The standard InChI is InChI=1S/C14H14N2O5/c17-13(18)7-3-6-12-15-14(16-21-12)11-8-19-9-4-1-2-5-10(9)20-11/h1-2,4-5,11H,3,6-8H2,(H,17,18). The van der Waals surface area contributed by atoms with E-state index in [9.17, 15) is 4.79 Å². The molecular weight excluding hydrogens is 276 g/mol. The minimum Gasteiger partial charge on any atom is -0.485 e. The number of rotatable bonds is 5. The van der Waals surface area contributed by atoms with Crippen molar-refractivity contribution in [2.24, 2.45) is 0 Å². The third-order valence-corrected chi connectivity index (χ3v) is 3.06. The van der Waals surface area contributed by atoms with Crippen LogP contribution in [0.4, 0.5) is 0 Å². The number of para-hydroxylation sites is 2. The van der Waals surface area contributed by atoms with Gasteiger partial charge in [0.25, 0.3) is 0 Å². The van der Waals surface area contributed by atoms with Gasteiger partial charge in [0, 0.05) is 12.8 Å². The van der Waals surface area contributed by atoms with Gasteiger partial charge in [-0.25, -0.2) is 0 Å². The normalized spacial score (nSPS) is 16.7. The van der Waals surface area contributed by atoms with Gasteiger partial charge in [-0.05, 0) is 18.6 Å². The van der Waals surface area contributed by atoms with Gasteiger partial charge in [-0.3, -0.25) is 4.79 Å². The zero-order valence-electron chi connectivity index (χ0n) is 11.2. The third kappa shape index (κ3) is 3.13. The van der Waals surface area contributed by atoms with Crippen LogP contribution in [-0.2, 0) is 11.2 Å². The second kappa shape index (κ2) is 5.82. The van der Waals surface area contributed by atoms with Crippen molar-refractivity contribution in [1.29, 1.82) is 0 Å². The molecule has 7 heteroatoms. The number of ether oxygens (including phenoxy) is 2. The van der Waals surface area contributed by atoms with E-state index < -0.39 is 12.1 Å². The quantitative estimate of drug-likeness (QED) is 0.899. The summed E-state index contributed by atoms with van der Waals surface area (Å²) in [5, 5.41) is 12.5. The average molecular weight is 290 g/mol. The van der Waals surface area contributed by atoms with Crippen LogP contribution >= 0.6 is 0 Å². The monoisotopic (exact) mass is 290 g/mol. The number of carboxylic acids is 1. The van der Waals surface area contributed by atoms with E-state index >= 15 is 0 Å². The van der Waals surface area contributed by atoms with Crippen molar-refractivity contribution in [2.45, 2.75) is 25.4 Å². The molecule has 21 heavy (non-hydrogen) atoms. The molecule has 7 nitrogen and oxygen atoms in total. The lowest BCUT2D eigenvalue weighted by molar-refractivity contribution is -0.137. The fourth-order valence-electron chi connectivity index (χ4n) is 2.04. The van der Waals surface area contributed by atoms with Crippen LogP contribution in [0.1, 0.15) is 30.7 Å². The van der Waals surface area contributed by atoms with Gasteiger partial charge in [-0.1, -0.05) is 17.3 Å². The maximum absolute atomic E-state index is 10.5. The molecule has 2 heterocycles. The molecule has 0 amide bonds. The number of carboxylic acid groups (broad SMARTS) is 1. The number of fused-ring (bicyclic) bond motifs is 1. The zero-order valence-corrected chi connectivity index (χ0v) is 11.2. The van der Waals surface area contributed by atoms with Crippen LogP contribution in [0.3, 0.4) is 0 Å². The Balaban J connectivity index is 1.63. The van der Waals surface area contributed by atoms with Crippen molar-refractivity contribution in [2.75, 3.05) is 6.61 Å². The number of aliphatic carboxylic acids is 1. The number of benzene rings is 1. The van der Waals surface area contributed by atoms with E-state index in [1.807, 2.05) is 24.3 Å². The minimum atomic E-state index is -0.838. The molecule has 0 aliphatic carbocycles. The summed E-state index contributed by atoms with van der Waals surface area (Å²) >= 11 is 0. The van der Waals surface area contributed by atoms with Crippen molar-refractivity contribution in [1.82, 2.24) is 10.1 Å². The Kier molecular flexibility index (Phi) is 3.72. The predicted octanol–water partition coefficient (Wildman–Crippen LogP) is 1.99. The summed E-state index contributed by atoms with van der Waals surface area (Å²) in [5.74, 6) is 1.32. The van der Waals surface area contributed by atoms with Gasteiger partial charge in [0.05, 0.1) is 0 Å². The molecule has 1 unspecified atom stereocenters. The number of carbonyl (C=O) groups is 1. The largest absolute Gasteiger partial charge is 0.485 e. The summed E-state index contributed by atoms with van der Waals surface area (Å²) in [6.45, 7) is 0.311. The highest BCUT2D eigenvalue weighted by molar-refractivity contribution is 5.66. The topological polar surface area (TPSA) is 94.7 Å². The molecule has 0 saturated heterocycles. The van der Waals surface area contributed by atoms with Crippen LogP contribution in [0.5, 0.6) is 11.5 Å². The fourth-order valence-corrected chi connectivity index (χ4v) is 2.04. The van der Waals surface area contributed by atoms with E-state index in [1.54, 1.807) is 0 Å². The lowest BCUT2D eigenvalue weighted by atomic mass is 10.2. The van der Waals surface area contributed by atoms with Crippen LogP contribution in [0.25, 0.3) is 0 Å². The molecule has 1 atom stereocenters. The molecule has 0 radical (unpaired) electrons. The van der Waals surface area contributed by atoms with Crippen LogP contribution in [-0.4, -0.2) is 27.8 Å². The van der Waals surface area contributed by atoms with Crippen molar-refractivity contribution in [3.05, 3.63) is 36.0 Å². The summed E-state index contributed by atoms with van der Waals surface area (Å²) in [6.07, 6.45) is 0.552. The maximum atomic E-state index is 10.5. The molecule has 1 aromatic heterocycles. The summed E-state index contributed by atoms with van der Waals surface area (Å²) in [4.78, 5) is 14.7. The van der Waals surface area contributed by atoms with E-state index in [-0.39, 0.29) is 6.42 Å². The van der Waals surface area contributed by atoms with E-state index in [1.165, 1.54) is 0 Å². The molecule has 0 saturated carbocycles. The van der Waals surface area contributed by atoms with Gasteiger partial charge >= 0.3 is 5.97 Å². The molecule has 0 fully saturated rings. The van der Waals surface area contributed by atoms with Gasteiger partial charge in [-0.15, -0.1) is 0 Å². The SMILES string of the molecule is O=C(O)CCCc1nc(C2COc3ccccc3O2)no1. The Labute approximate surface area is 120 Å². The Morgan fingerprint density at radius 2 is 2.14 bits per heavy atom. The molecule has 1 aliphatic heterocycles. The summed E-state index contributed by atoms with van der Waals surface area (Å²) < 4.78 is 16.5. The summed E-state index contributed by atoms with van der Waals surface area (Å²) in [7, 11) is 0. The number of aryl methyl sites for hydroxylation is 1. The molecule has 2 aromatic rings. The van der Waals surface area contributed by atoms with Gasteiger partial charge in [0.2, 0.25) is 11.7 Å². The molecule has 0 spiro atoms. The Morgan fingerprint density at radius 1 is 1.33 bits per heavy atom. The molecular formula is C14H14N2O5. The third-order valence-electron chi connectivity index (χ3n) is 3.06. The highest BCUT2D eigenvalue weighted by Gasteiger charge is 2.26. The molecule has 3 rings (SSSR count). The van der Waals surface area contributed by atoms with Crippen LogP contribution in [0, 0.1) is 0 Å². The van der Waals surface area contributed by atoms with Gasteiger partial charge in [0.1, 0.15) is 6.61 Å². The first-order valence-corrected chi connectivity index (χ1v) is 6.65. The summed E-state index contributed by atoms with van der Waals surface area (Å²) in [5.41, 5.74) is 0. The number of hydrogen-bond acceptors (Lipinski definition) is 6.